The van der Waals surface area contributed by atoms with Crippen molar-refractivity contribution < 1.29 is 13.6 Å². The summed E-state index contributed by atoms with van der Waals surface area (Å²) in [6, 6.07) is 25.6. The van der Waals surface area contributed by atoms with E-state index in [1.165, 1.54) is 5.56 Å². The van der Waals surface area contributed by atoms with E-state index < -0.39 is 6.98 Å². The molecule has 0 amide bonds. The fourth-order valence-corrected chi connectivity index (χ4v) is 5.46. The molecule has 0 aliphatic carbocycles. The fraction of sp³-hybridized carbons (Fsp3) is 0.294. The second kappa shape index (κ2) is 8.67. The number of hydrogen-bond donors (Lipinski definition) is 0. The lowest BCUT2D eigenvalue weighted by atomic mass is 9.86. The van der Waals surface area contributed by atoms with Crippen molar-refractivity contribution in [2.24, 2.45) is 0 Å². The van der Waals surface area contributed by atoms with Crippen LogP contribution in [0.5, 0.6) is 23.1 Å². The molecule has 0 N–H and O–H groups in total. The van der Waals surface area contributed by atoms with E-state index in [0.29, 0.717) is 34.3 Å². The van der Waals surface area contributed by atoms with E-state index in [2.05, 4.69) is 58.7 Å². The van der Waals surface area contributed by atoms with Crippen molar-refractivity contribution in [1.82, 2.24) is 14.0 Å². The van der Waals surface area contributed by atoms with E-state index in [9.17, 15) is 0 Å². The first-order chi connectivity index (χ1) is 19.6. The number of pyridine rings is 1. The van der Waals surface area contributed by atoms with Gasteiger partial charge in [-0.25, -0.2) is 4.98 Å². The van der Waals surface area contributed by atoms with Gasteiger partial charge in [0.2, 0.25) is 5.88 Å². The quantitative estimate of drug-likeness (QED) is 0.193. The Bertz CT molecular complexity index is 1660. The van der Waals surface area contributed by atoms with Crippen molar-refractivity contribution >= 4 is 17.1 Å². The zero-order valence-corrected chi connectivity index (χ0v) is 23.5. The second-order valence-electron chi connectivity index (χ2n) is 12.8. The van der Waals surface area contributed by atoms with E-state index in [0.717, 1.165) is 22.6 Å². The van der Waals surface area contributed by atoms with Gasteiger partial charge in [-0.1, -0.05) is 59.7 Å². The van der Waals surface area contributed by atoms with Crippen molar-refractivity contribution in [3.63, 3.8) is 0 Å². The number of rotatable bonds is 5. The van der Waals surface area contributed by atoms with Gasteiger partial charge in [-0.15, -0.1) is 0 Å². The van der Waals surface area contributed by atoms with Gasteiger partial charge in [0.05, 0.1) is 17.8 Å². The highest BCUT2D eigenvalue weighted by atomic mass is 16.5. The lowest BCUT2D eigenvalue weighted by molar-refractivity contribution is 0.157. The number of hydrogen-bond acceptors (Lipinski definition) is 3. The Labute approximate surface area is 236 Å². The Balaban J connectivity index is 1.29. The molecular weight excluding hydrogens is 482 g/mol. The highest BCUT2D eigenvalue weighted by molar-refractivity contribution is 5.84. The minimum atomic E-state index is -2.19. The van der Waals surface area contributed by atoms with Crippen LogP contribution in [0.1, 0.15) is 56.8 Å². The van der Waals surface area contributed by atoms with Crippen LogP contribution < -0.4 is 18.4 Å². The summed E-state index contributed by atoms with van der Waals surface area (Å²) in [6.07, 6.45) is 1.77. The minimum absolute atomic E-state index is 0.0108. The van der Waals surface area contributed by atoms with E-state index in [1.807, 2.05) is 73.4 Å². The molecule has 1 fully saturated rings. The van der Waals surface area contributed by atoms with Crippen molar-refractivity contribution in [3.05, 3.63) is 103 Å². The second-order valence-corrected chi connectivity index (χ2v) is 12.8. The molecule has 0 spiro atoms. The highest BCUT2D eigenvalue weighted by Gasteiger charge is 2.59. The van der Waals surface area contributed by atoms with Gasteiger partial charge in [0.25, 0.3) is 0 Å². The summed E-state index contributed by atoms with van der Waals surface area (Å²) >= 11 is 0. The zero-order valence-electron chi connectivity index (χ0n) is 26.5. The summed E-state index contributed by atoms with van der Waals surface area (Å²) in [5.74, 6) is 2.46. The van der Waals surface area contributed by atoms with Crippen LogP contribution in [0, 0.1) is 6.67 Å². The van der Waals surface area contributed by atoms with Gasteiger partial charge < -0.3 is 14.0 Å². The maximum atomic E-state index is 8.38. The number of nitrogens with zero attached hydrogens (tertiary/aromatic N) is 3. The molecule has 1 aromatic heterocycles. The van der Waals surface area contributed by atoms with Crippen LogP contribution in [0.25, 0.3) is 0 Å². The molecule has 3 aliphatic rings. The lowest BCUT2D eigenvalue weighted by Crippen LogP contribution is -2.68. The van der Waals surface area contributed by atoms with Crippen LogP contribution in [0.2, 0.25) is 0 Å². The molecule has 4 aromatic rings. The third-order valence-corrected chi connectivity index (χ3v) is 7.68. The molecule has 4 heterocycles. The average molecular weight is 524 g/mol. The van der Waals surface area contributed by atoms with Crippen LogP contribution in [-0.2, 0) is 10.8 Å². The summed E-state index contributed by atoms with van der Waals surface area (Å²) in [6.45, 7) is 13.2. The van der Waals surface area contributed by atoms with Gasteiger partial charge in [0.15, 0.2) is 18.0 Å². The van der Waals surface area contributed by atoms with Crippen LogP contribution in [0.4, 0.5) is 17.1 Å². The van der Waals surface area contributed by atoms with Crippen LogP contribution in [-0.4, -0.2) is 18.6 Å². The number of quaternary nitrogens is 2. The van der Waals surface area contributed by atoms with Gasteiger partial charge in [-0.3, -0.25) is 4.48 Å². The summed E-state index contributed by atoms with van der Waals surface area (Å²) in [5.41, 5.74) is 5.06. The molecule has 2 atom stereocenters. The van der Waals surface area contributed by atoms with Crippen LogP contribution >= 0.6 is 0 Å². The molecular formula is C34H38N3O2+. The van der Waals surface area contributed by atoms with Crippen molar-refractivity contribution in [1.29, 1.82) is 0 Å². The monoisotopic (exact) mass is 523 g/mol. The van der Waals surface area contributed by atoms with Gasteiger partial charge in [0.1, 0.15) is 22.9 Å². The Morgan fingerprint density at radius 2 is 1.38 bits per heavy atom. The number of ether oxygens (including phenoxy) is 2. The third-order valence-electron chi connectivity index (χ3n) is 7.68. The minimum Gasteiger partial charge on any atom is -0.457 e. The smallest absolute Gasteiger partial charge is 0.219 e. The zero-order chi connectivity index (χ0) is 30.1. The molecule has 39 heavy (non-hydrogen) atoms. The van der Waals surface area contributed by atoms with E-state index in [4.69, 9.17) is 13.6 Å². The van der Waals surface area contributed by atoms with Crippen molar-refractivity contribution in [2.75, 3.05) is 13.6 Å². The van der Waals surface area contributed by atoms with Crippen molar-refractivity contribution in [3.8, 4) is 23.1 Å². The molecule has 1 saturated heterocycles. The van der Waals surface area contributed by atoms with Gasteiger partial charge in [-0.05, 0) is 52.3 Å². The van der Waals surface area contributed by atoms with E-state index in [1.54, 1.807) is 6.20 Å². The molecule has 3 aliphatic heterocycles. The SMILES string of the molecule is [2H]C([2H])([2H])[N@+]12[CH-][N@+](c3cccc(Oc4cccc(Oc5cc(C(C)(C)C)ccn5)c4)c3)(C1)c1cc(C(C)(C)C)ccc12. The van der Waals surface area contributed by atoms with Crippen LogP contribution in [0.15, 0.2) is 85.1 Å². The lowest BCUT2D eigenvalue weighted by Gasteiger charge is -2.54. The standard InChI is InChI=1S/C34H38N3O2/c1-33(2,3)24-14-15-30-31(18-24)37(22-36(30,7)23-37)26-10-8-11-27(20-26)38-28-12-9-13-29(21-28)39-32-19-25(16-17-35-32)34(4,5)6/h8-22H,23H2,1-7H3/q+1/t36-,37+/m0/s1/i7D3. The van der Waals surface area contributed by atoms with E-state index >= 15 is 0 Å². The first-order valence-electron chi connectivity index (χ1n) is 14.9. The first kappa shape index (κ1) is 22.2. The largest absolute Gasteiger partial charge is 0.457 e. The third kappa shape index (κ3) is 4.50. The Kier molecular flexibility index (Phi) is 4.93. The predicted molar refractivity (Wildman–Crippen MR) is 159 cm³/mol. The predicted octanol–water partition coefficient (Wildman–Crippen LogP) is 8.94. The molecule has 3 aromatic carbocycles. The summed E-state index contributed by atoms with van der Waals surface area (Å²) in [7, 11) is 0. The van der Waals surface area contributed by atoms with Gasteiger partial charge >= 0.3 is 0 Å². The summed E-state index contributed by atoms with van der Waals surface area (Å²) < 4.78 is 37.8. The van der Waals surface area contributed by atoms with E-state index in [-0.39, 0.29) is 15.3 Å². The summed E-state index contributed by atoms with van der Waals surface area (Å²) in [4.78, 5) is 4.38. The van der Waals surface area contributed by atoms with Gasteiger partial charge in [0, 0.05) is 36.5 Å². The maximum absolute atomic E-state index is 8.38. The Morgan fingerprint density at radius 1 is 0.744 bits per heavy atom. The maximum Gasteiger partial charge on any atom is 0.219 e. The molecule has 2 bridgehead atoms. The Morgan fingerprint density at radius 3 is 2.08 bits per heavy atom. The highest BCUT2D eigenvalue weighted by Crippen LogP contribution is 2.61. The molecule has 5 nitrogen and oxygen atoms in total. The molecule has 0 unspecified atom stereocenters. The molecule has 0 radical (unpaired) electrons. The Hall–Kier alpha value is -3.67. The summed E-state index contributed by atoms with van der Waals surface area (Å²) in [5, 5.41) is 0. The molecule has 5 heteroatoms. The van der Waals surface area contributed by atoms with Crippen molar-refractivity contribution in [2.45, 2.75) is 52.4 Å². The first-order valence-corrected chi connectivity index (χ1v) is 13.4. The molecule has 7 rings (SSSR count). The number of aromatic nitrogens is 1. The molecule has 200 valence electrons. The fourth-order valence-electron chi connectivity index (χ4n) is 5.46. The normalized spacial score (nSPS) is 23.2. The topological polar surface area (TPSA) is 31.4 Å². The van der Waals surface area contributed by atoms with Gasteiger partial charge in [-0.2, -0.15) is 0 Å². The van der Waals surface area contributed by atoms with Crippen LogP contribution in [0.3, 0.4) is 0 Å². The molecule has 0 saturated carbocycles. The average Bonchev–Trinajstić information content (AvgIpc) is 3.35. The number of benzene rings is 3.